The lowest BCUT2D eigenvalue weighted by atomic mass is 9.97. The van der Waals surface area contributed by atoms with Crippen molar-refractivity contribution in [2.45, 2.75) is 46.1 Å². The summed E-state index contributed by atoms with van der Waals surface area (Å²) in [6, 6.07) is 7.29. The number of amides is 1. The van der Waals surface area contributed by atoms with Crippen LogP contribution >= 0.6 is 0 Å². The number of nitrogens with zero attached hydrogens (tertiary/aromatic N) is 1. The minimum atomic E-state index is -3.17. The van der Waals surface area contributed by atoms with E-state index in [0.29, 0.717) is 32.4 Å². The first-order chi connectivity index (χ1) is 11.8. The molecule has 1 saturated heterocycles. The molecule has 0 radical (unpaired) electrons. The number of rotatable bonds is 7. The second-order valence-corrected chi connectivity index (χ2v) is 8.76. The fraction of sp³-hybridized carbons (Fsp3) is 0.611. The number of hydrogen-bond donors (Lipinski definition) is 1. The third-order valence-electron chi connectivity index (χ3n) is 4.17. The number of nitrogens with one attached hydrogen (secondary N) is 1. The highest BCUT2D eigenvalue weighted by Crippen LogP contribution is 2.23. The normalized spacial score (nSPS) is 16.8. The molecule has 0 atom stereocenters. The van der Waals surface area contributed by atoms with E-state index in [9.17, 15) is 13.2 Å². The maximum atomic E-state index is 12.4. The van der Waals surface area contributed by atoms with E-state index in [4.69, 9.17) is 4.74 Å². The van der Waals surface area contributed by atoms with Gasteiger partial charge in [0.1, 0.15) is 5.75 Å². The Kier molecular flexibility index (Phi) is 6.84. The van der Waals surface area contributed by atoms with E-state index in [-0.39, 0.29) is 23.7 Å². The second kappa shape index (κ2) is 8.67. The first-order valence-electron chi connectivity index (χ1n) is 8.87. The summed E-state index contributed by atoms with van der Waals surface area (Å²) >= 11 is 0. The van der Waals surface area contributed by atoms with Crippen molar-refractivity contribution in [3.05, 3.63) is 24.3 Å². The average Bonchev–Trinajstić information content (AvgIpc) is 2.56. The van der Waals surface area contributed by atoms with Gasteiger partial charge >= 0.3 is 0 Å². The molecule has 1 fully saturated rings. The molecule has 7 heteroatoms. The van der Waals surface area contributed by atoms with Crippen LogP contribution in [0.15, 0.2) is 24.3 Å². The molecule has 2 rings (SSSR count). The summed E-state index contributed by atoms with van der Waals surface area (Å²) in [7, 11) is -3.17. The van der Waals surface area contributed by atoms with Crippen LogP contribution in [0.4, 0.5) is 5.69 Å². The average molecular weight is 368 g/mol. The zero-order valence-electron chi connectivity index (χ0n) is 15.2. The van der Waals surface area contributed by atoms with Gasteiger partial charge in [-0.15, -0.1) is 0 Å². The van der Waals surface area contributed by atoms with Gasteiger partial charge in [-0.05, 0) is 57.4 Å². The van der Waals surface area contributed by atoms with Crippen LogP contribution < -0.4 is 10.1 Å². The Balaban J connectivity index is 1.86. The molecule has 1 heterocycles. The maximum absolute atomic E-state index is 12.4. The Morgan fingerprint density at radius 2 is 1.84 bits per heavy atom. The molecule has 0 aliphatic carbocycles. The van der Waals surface area contributed by atoms with Crippen LogP contribution in [0.1, 0.15) is 40.0 Å². The van der Waals surface area contributed by atoms with E-state index in [1.807, 2.05) is 45.0 Å². The van der Waals surface area contributed by atoms with Gasteiger partial charge < -0.3 is 10.1 Å². The van der Waals surface area contributed by atoms with Crippen molar-refractivity contribution in [1.29, 1.82) is 0 Å². The molecular formula is C18H28N2O4S. The molecule has 1 aliphatic heterocycles. The van der Waals surface area contributed by atoms with Crippen LogP contribution in [0.25, 0.3) is 0 Å². The zero-order chi connectivity index (χ0) is 18.4. The van der Waals surface area contributed by atoms with Gasteiger partial charge in [0.25, 0.3) is 0 Å². The monoisotopic (exact) mass is 368 g/mol. The molecular weight excluding hydrogens is 340 g/mol. The number of anilines is 1. The molecule has 0 saturated carbocycles. The van der Waals surface area contributed by atoms with Crippen LogP contribution in [0.2, 0.25) is 0 Å². The topological polar surface area (TPSA) is 75.7 Å². The Hall–Kier alpha value is -1.60. The number of carbonyl (C=O) groups excluding carboxylic acids is 1. The largest absolute Gasteiger partial charge is 0.491 e. The molecule has 1 aliphatic rings. The van der Waals surface area contributed by atoms with Gasteiger partial charge in [-0.3, -0.25) is 4.79 Å². The number of hydrogen-bond acceptors (Lipinski definition) is 4. The van der Waals surface area contributed by atoms with Crippen LogP contribution in [-0.2, 0) is 14.8 Å². The van der Waals surface area contributed by atoms with Crippen LogP contribution in [0.5, 0.6) is 5.75 Å². The van der Waals surface area contributed by atoms with E-state index in [1.54, 1.807) is 0 Å². The third kappa shape index (κ3) is 5.71. The number of ether oxygens (including phenoxy) is 1. The predicted octanol–water partition coefficient (Wildman–Crippen LogP) is 2.86. The number of piperidine rings is 1. The van der Waals surface area contributed by atoms with Gasteiger partial charge in [0.15, 0.2) is 0 Å². The first kappa shape index (κ1) is 19.7. The number of benzene rings is 1. The van der Waals surface area contributed by atoms with Gasteiger partial charge in [0.2, 0.25) is 15.9 Å². The molecule has 0 spiro atoms. The third-order valence-corrected chi connectivity index (χ3v) is 6.25. The molecule has 1 aromatic rings. The molecule has 1 amide bonds. The second-order valence-electron chi connectivity index (χ2n) is 6.67. The first-order valence-corrected chi connectivity index (χ1v) is 10.5. The van der Waals surface area contributed by atoms with Crippen molar-refractivity contribution in [2.24, 2.45) is 5.92 Å². The lowest BCUT2D eigenvalue weighted by Crippen LogP contribution is -2.42. The summed E-state index contributed by atoms with van der Waals surface area (Å²) < 4.78 is 31.2. The van der Waals surface area contributed by atoms with Gasteiger partial charge in [-0.2, -0.15) is 0 Å². The van der Waals surface area contributed by atoms with Crippen molar-refractivity contribution in [1.82, 2.24) is 4.31 Å². The molecule has 1 aromatic carbocycles. The summed E-state index contributed by atoms with van der Waals surface area (Å²) in [5, 5.41) is 2.91. The maximum Gasteiger partial charge on any atom is 0.227 e. The van der Waals surface area contributed by atoms with Crippen molar-refractivity contribution in [3.63, 3.8) is 0 Å². The van der Waals surface area contributed by atoms with Gasteiger partial charge in [-0.1, -0.05) is 6.92 Å². The van der Waals surface area contributed by atoms with E-state index in [0.717, 1.165) is 11.4 Å². The van der Waals surface area contributed by atoms with Gasteiger partial charge in [0, 0.05) is 24.7 Å². The number of carbonyl (C=O) groups is 1. The lowest BCUT2D eigenvalue weighted by Gasteiger charge is -2.30. The molecule has 1 N–H and O–H groups in total. The minimum Gasteiger partial charge on any atom is -0.491 e. The Labute approximate surface area is 150 Å². The predicted molar refractivity (Wildman–Crippen MR) is 99.2 cm³/mol. The van der Waals surface area contributed by atoms with E-state index >= 15 is 0 Å². The van der Waals surface area contributed by atoms with E-state index < -0.39 is 10.0 Å². The SMILES string of the molecule is CCCS(=O)(=O)N1CCC(C(=O)Nc2ccc(OC(C)C)cc2)CC1. The van der Waals surface area contributed by atoms with Crippen molar-refractivity contribution >= 4 is 21.6 Å². The summed E-state index contributed by atoms with van der Waals surface area (Å²) in [6.07, 6.45) is 1.83. The molecule has 6 nitrogen and oxygen atoms in total. The summed E-state index contributed by atoms with van der Waals surface area (Å²) in [4.78, 5) is 12.4. The summed E-state index contributed by atoms with van der Waals surface area (Å²) in [5.41, 5.74) is 0.724. The van der Waals surface area contributed by atoms with E-state index in [1.165, 1.54) is 4.31 Å². The summed E-state index contributed by atoms with van der Waals surface area (Å²) in [5.74, 6) is 0.737. The molecule has 25 heavy (non-hydrogen) atoms. The molecule has 0 aromatic heterocycles. The van der Waals surface area contributed by atoms with Gasteiger partial charge in [0.05, 0.1) is 11.9 Å². The minimum absolute atomic E-state index is 0.0509. The fourth-order valence-corrected chi connectivity index (χ4v) is 4.46. The fourth-order valence-electron chi connectivity index (χ4n) is 2.92. The smallest absolute Gasteiger partial charge is 0.227 e. The summed E-state index contributed by atoms with van der Waals surface area (Å²) in [6.45, 7) is 6.62. The zero-order valence-corrected chi connectivity index (χ0v) is 16.0. The highest BCUT2D eigenvalue weighted by atomic mass is 32.2. The van der Waals surface area contributed by atoms with Gasteiger partial charge in [-0.25, -0.2) is 12.7 Å². The molecule has 140 valence electrons. The van der Waals surface area contributed by atoms with Crippen molar-refractivity contribution < 1.29 is 17.9 Å². The quantitative estimate of drug-likeness (QED) is 0.803. The Bertz CT molecular complexity index is 663. The van der Waals surface area contributed by atoms with E-state index in [2.05, 4.69) is 5.32 Å². The van der Waals surface area contributed by atoms with Crippen LogP contribution in [0, 0.1) is 5.92 Å². The standard InChI is InChI=1S/C18H28N2O4S/c1-4-13-25(22,23)20-11-9-15(10-12-20)18(21)19-16-5-7-17(8-6-16)24-14(2)3/h5-8,14-15H,4,9-13H2,1-3H3,(H,19,21). The lowest BCUT2D eigenvalue weighted by molar-refractivity contribution is -0.120. The molecule has 0 bridgehead atoms. The van der Waals surface area contributed by atoms with Crippen LogP contribution in [-0.4, -0.2) is 43.6 Å². The van der Waals surface area contributed by atoms with Crippen molar-refractivity contribution in [2.75, 3.05) is 24.2 Å². The number of sulfonamides is 1. The Morgan fingerprint density at radius 1 is 1.24 bits per heavy atom. The highest BCUT2D eigenvalue weighted by Gasteiger charge is 2.30. The molecule has 0 unspecified atom stereocenters. The Morgan fingerprint density at radius 3 is 2.36 bits per heavy atom. The van der Waals surface area contributed by atoms with Crippen molar-refractivity contribution in [3.8, 4) is 5.75 Å². The van der Waals surface area contributed by atoms with Crippen LogP contribution in [0.3, 0.4) is 0 Å². The highest BCUT2D eigenvalue weighted by molar-refractivity contribution is 7.89.